The first-order valence-electron chi connectivity index (χ1n) is 5.41. The Morgan fingerprint density at radius 1 is 1.41 bits per heavy atom. The van der Waals surface area contributed by atoms with Crippen molar-refractivity contribution in [3.05, 3.63) is 33.4 Å². The minimum atomic E-state index is -0.212. The lowest BCUT2D eigenvalue weighted by Gasteiger charge is -2.20. The standard InChI is InChI=1S/C11H15IN4O/c1-6-9(11(17)14-13)10(16-15-6)7-4-2-3-5-8(7)12/h2-6,9-10,15-16H,13H2,1H3,(H,14,17). The van der Waals surface area contributed by atoms with Crippen molar-refractivity contribution in [1.82, 2.24) is 16.3 Å². The van der Waals surface area contributed by atoms with E-state index >= 15 is 0 Å². The van der Waals surface area contributed by atoms with Gasteiger partial charge < -0.3 is 0 Å². The van der Waals surface area contributed by atoms with Gasteiger partial charge in [-0.05, 0) is 41.1 Å². The maximum absolute atomic E-state index is 11.8. The van der Waals surface area contributed by atoms with E-state index < -0.39 is 0 Å². The molecule has 1 amide bonds. The Kier molecular flexibility index (Phi) is 3.97. The lowest BCUT2D eigenvalue weighted by atomic mass is 9.90. The molecule has 0 bridgehead atoms. The van der Waals surface area contributed by atoms with Gasteiger partial charge in [-0.25, -0.2) is 11.3 Å². The van der Waals surface area contributed by atoms with Crippen molar-refractivity contribution in [1.29, 1.82) is 0 Å². The zero-order valence-electron chi connectivity index (χ0n) is 9.41. The van der Waals surface area contributed by atoms with Crippen molar-refractivity contribution >= 4 is 28.5 Å². The predicted molar refractivity (Wildman–Crippen MR) is 73.5 cm³/mol. The van der Waals surface area contributed by atoms with Crippen LogP contribution in [-0.2, 0) is 4.79 Å². The van der Waals surface area contributed by atoms with E-state index in [0.29, 0.717) is 0 Å². The number of hydrazine groups is 2. The Balaban J connectivity index is 2.32. The maximum atomic E-state index is 11.8. The van der Waals surface area contributed by atoms with E-state index in [2.05, 4.69) is 38.9 Å². The summed E-state index contributed by atoms with van der Waals surface area (Å²) >= 11 is 2.27. The SMILES string of the molecule is CC1NNC(c2ccccc2I)C1C(=O)NN. The van der Waals surface area contributed by atoms with Gasteiger partial charge in [0.1, 0.15) is 0 Å². The van der Waals surface area contributed by atoms with Crippen LogP contribution in [0.1, 0.15) is 18.5 Å². The maximum Gasteiger partial charge on any atom is 0.240 e. The molecule has 6 heteroatoms. The quantitative estimate of drug-likeness (QED) is 0.271. The van der Waals surface area contributed by atoms with Crippen LogP contribution >= 0.6 is 22.6 Å². The zero-order valence-corrected chi connectivity index (χ0v) is 11.6. The monoisotopic (exact) mass is 346 g/mol. The van der Waals surface area contributed by atoms with E-state index in [0.717, 1.165) is 9.13 Å². The van der Waals surface area contributed by atoms with Gasteiger partial charge in [0.2, 0.25) is 5.91 Å². The highest BCUT2D eigenvalue weighted by molar-refractivity contribution is 14.1. The van der Waals surface area contributed by atoms with Crippen molar-refractivity contribution in [3.8, 4) is 0 Å². The first-order chi connectivity index (χ1) is 8.15. The van der Waals surface area contributed by atoms with Gasteiger partial charge in [0, 0.05) is 9.61 Å². The molecule has 5 N–H and O–H groups in total. The number of benzene rings is 1. The molecule has 2 rings (SSSR count). The Morgan fingerprint density at radius 3 is 2.76 bits per heavy atom. The molecule has 0 aliphatic carbocycles. The van der Waals surface area contributed by atoms with E-state index in [-0.39, 0.29) is 23.9 Å². The second-order valence-corrected chi connectivity index (χ2v) is 5.27. The van der Waals surface area contributed by atoms with Gasteiger partial charge in [0.25, 0.3) is 0 Å². The topological polar surface area (TPSA) is 79.2 Å². The number of carbonyl (C=O) groups is 1. The molecule has 0 aromatic heterocycles. The highest BCUT2D eigenvalue weighted by Gasteiger charge is 2.39. The van der Waals surface area contributed by atoms with E-state index in [1.807, 2.05) is 31.2 Å². The van der Waals surface area contributed by atoms with Gasteiger partial charge in [-0.3, -0.25) is 15.6 Å². The van der Waals surface area contributed by atoms with Crippen molar-refractivity contribution in [2.45, 2.75) is 19.0 Å². The van der Waals surface area contributed by atoms with Gasteiger partial charge in [-0.15, -0.1) is 0 Å². The number of nitrogens with one attached hydrogen (secondary N) is 3. The number of hydrogen-bond donors (Lipinski definition) is 4. The zero-order chi connectivity index (χ0) is 12.4. The number of amides is 1. The summed E-state index contributed by atoms with van der Waals surface area (Å²) in [5, 5.41) is 0. The Hall–Kier alpha value is -0.700. The second kappa shape index (κ2) is 5.30. The van der Waals surface area contributed by atoms with Gasteiger partial charge in [0.05, 0.1) is 12.0 Å². The minimum Gasteiger partial charge on any atom is -0.294 e. The fraction of sp³-hybridized carbons (Fsp3) is 0.364. The molecular formula is C11H15IN4O. The summed E-state index contributed by atoms with van der Waals surface area (Å²) in [6.07, 6.45) is 0. The largest absolute Gasteiger partial charge is 0.294 e. The van der Waals surface area contributed by atoms with Crippen LogP contribution in [0, 0.1) is 9.49 Å². The van der Waals surface area contributed by atoms with Crippen LogP contribution < -0.4 is 22.1 Å². The van der Waals surface area contributed by atoms with Crippen molar-refractivity contribution < 1.29 is 4.79 Å². The Labute approximate surface area is 114 Å². The van der Waals surface area contributed by atoms with Crippen LogP contribution in [0.25, 0.3) is 0 Å². The molecule has 1 fully saturated rings. The van der Waals surface area contributed by atoms with Crippen LogP contribution in [0.3, 0.4) is 0 Å². The summed E-state index contributed by atoms with van der Waals surface area (Å²) in [6, 6.07) is 7.99. The van der Waals surface area contributed by atoms with E-state index in [1.165, 1.54) is 0 Å². The number of halogens is 1. The fourth-order valence-corrected chi connectivity index (χ4v) is 2.89. The Morgan fingerprint density at radius 2 is 2.12 bits per heavy atom. The molecule has 1 aromatic rings. The third kappa shape index (κ3) is 2.44. The molecular weight excluding hydrogens is 331 g/mol. The molecule has 17 heavy (non-hydrogen) atoms. The van der Waals surface area contributed by atoms with Crippen LogP contribution in [0.2, 0.25) is 0 Å². The molecule has 1 heterocycles. The molecule has 0 saturated carbocycles. The predicted octanol–water partition coefficient (Wildman–Crippen LogP) is 0.435. The third-order valence-electron chi connectivity index (χ3n) is 3.05. The average Bonchev–Trinajstić information content (AvgIpc) is 2.71. The molecule has 0 spiro atoms. The highest BCUT2D eigenvalue weighted by atomic mass is 127. The van der Waals surface area contributed by atoms with Crippen molar-refractivity contribution in [2.75, 3.05) is 0 Å². The third-order valence-corrected chi connectivity index (χ3v) is 4.03. The van der Waals surface area contributed by atoms with Crippen LogP contribution in [0.15, 0.2) is 24.3 Å². The summed E-state index contributed by atoms with van der Waals surface area (Å²) in [4.78, 5) is 11.8. The summed E-state index contributed by atoms with van der Waals surface area (Å²) < 4.78 is 1.13. The van der Waals surface area contributed by atoms with Crippen LogP contribution in [-0.4, -0.2) is 11.9 Å². The number of carbonyl (C=O) groups excluding carboxylic acids is 1. The summed E-state index contributed by atoms with van der Waals surface area (Å²) in [7, 11) is 0. The van der Waals surface area contributed by atoms with E-state index in [9.17, 15) is 4.79 Å². The number of rotatable bonds is 2. The summed E-state index contributed by atoms with van der Waals surface area (Å²) in [5.74, 6) is 4.87. The van der Waals surface area contributed by atoms with Gasteiger partial charge >= 0.3 is 0 Å². The lowest BCUT2D eigenvalue weighted by molar-refractivity contribution is -0.125. The fourth-order valence-electron chi connectivity index (χ4n) is 2.16. The molecule has 5 nitrogen and oxygen atoms in total. The number of nitrogens with two attached hydrogens (primary N) is 1. The van der Waals surface area contributed by atoms with Gasteiger partial charge in [0.15, 0.2) is 0 Å². The van der Waals surface area contributed by atoms with Crippen LogP contribution in [0.5, 0.6) is 0 Å². The normalized spacial score (nSPS) is 28.1. The molecule has 3 atom stereocenters. The van der Waals surface area contributed by atoms with E-state index in [1.54, 1.807) is 0 Å². The van der Waals surface area contributed by atoms with Gasteiger partial charge in [-0.1, -0.05) is 18.2 Å². The molecule has 1 saturated heterocycles. The van der Waals surface area contributed by atoms with E-state index in [4.69, 9.17) is 5.84 Å². The van der Waals surface area contributed by atoms with Crippen molar-refractivity contribution in [3.63, 3.8) is 0 Å². The van der Waals surface area contributed by atoms with Crippen LogP contribution in [0.4, 0.5) is 0 Å². The molecule has 92 valence electrons. The lowest BCUT2D eigenvalue weighted by Crippen LogP contribution is -2.41. The first-order valence-corrected chi connectivity index (χ1v) is 6.49. The molecule has 1 aliphatic heterocycles. The molecule has 1 aromatic carbocycles. The summed E-state index contributed by atoms with van der Waals surface area (Å²) in [6.45, 7) is 1.96. The summed E-state index contributed by atoms with van der Waals surface area (Å²) in [5.41, 5.74) is 9.59. The second-order valence-electron chi connectivity index (χ2n) is 4.11. The van der Waals surface area contributed by atoms with Crippen molar-refractivity contribution in [2.24, 2.45) is 11.8 Å². The number of hydrogen-bond acceptors (Lipinski definition) is 4. The first kappa shape index (κ1) is 12.7. The Bertz CT molecular complexity index is 426. The highest BCUT2D eigenvalue weighted by Crippen LogP contribution is 2.31. The minimum absolute atomic E-state index is 0.0413. The smallest absolute Gasteiger partial charge is 0.240 e. The molecule has 0 radical (unpaired) electrons. The van der Waals surface area contributed by atoms with Gasteiger partial charge in [-0.2, -0.15) is 0 Å². The molecule has 3 unspecified atom stereocenters. The average molecular weight is 346 g/mol. The molecule has 1 aliphatic rings.